The van der Waals surface area contributed by atoms with E-state index >= 15 is 0 Å². The van der Waals surface area contributed by atoms with Crippen molar-refractivity contribution in [2.24, 2.45) is 0 Å². The molecule has 25 heavy (non-hydrogen) atoms. The third-order valence-corrected chi connectivity index (χ3v) is 4.54. The van der Waals surface area contributed by atoms with Crippen molar-refractivity contribution in [2.75, 3.05) is 0 Å². The van der Waals surface area contributed by atoms with Gasteiger partial charge in [0, 0.05) is 11.1 Å². The Hall–Kier alpha value is -3.39. The number of nitrogens with zero attached hydrogens (tertiary/aromatic N) is 1. The third-order valence-electron chi connectivity index (χ3n) is 4.54. The van der Waals surface area contributed by atoms with Crippen LogP contribution in [-0.2, 0) is 0 Å². The zero-order valence-corrected chi connectivity index (χ0v) is 13.5. The van der Waals surface area contributed by atoms with E-state index in [0.717, 1.165) is 16.9 Å². The molecule has 0 radical (unpaired) electrons. The molecule has 0 unspecified atom stereocenters. The summed E-state index contributed by atoms with van der Waals surface area (Å²) in [5, 5.41) is 4.82. The van der Waals surface area contributed by atoms with Crippen LogP contribution in [0, 0.1) is 0 Å². The van der Waals surface area contributed by atoms with Crippen LogP contribution in [0.4, 0.5) is 0 Å². The molecule has 0 fully saturated rings. The molecule has 2 heteroatoms. The van der Waals surface area contributed by atoms with Crippen LogP contribution < -0.4 is 0 Å². The van der Waals surface area contributed by atoms with Gasteiger partial charge in [0.2, 0.25) is 5.89 Å². The number of rotatable bonds is 2. The van der Waals surface area contributed by atoms with E-state index in [1.54, 1.807) is 6.20 Å². The standard InChI is InChI=1S/C23H15NO/c1-3-7-18-13-20(11-9-16(18)5-1)22-15-24-23(25-22)21-12-10-17-6-2-4-8-19(17)14-21/h1-15H. The van der Waals surface area contributed by atoms with Crippen molar-refractivity contribution in [1.82, 2.24) is 4.98 Å². The van der Waals surface area contributed by atoms with Crippen molar-refractivity contribution >= 4 is 21.5 Å². The maximum absolute atomic E-state index is 6.04. The zero-order valence-electron chi connectivity index (χ0n) is 13.5. The first kappa shape index (κ1) is 14.0. The summed E-state index contributed by atoms with van der Waals surface area (Å²) in [5.41, 5.74) is 2.03. The van der Waals surface area contributed by atoms with Crippen LogP contribution in [0.25, 0.3) is 44.3 Å². The van der Waals surface area contributed by atoms with Gasteiger partial charge in [-0.25, -0.2) is 4.98 Å². The minimum absolute atomic E-state index is 0.647. The van der Waals surface area contributed by atoms with Gasteiger partial charge in [0.15, 0.2) is 5.76 Å². The van der Waals surface area contributed by atoms with Gasteiger partial charge in [-0.15, -0.1) is 0 Å². The fourth-order valence-corrected chi connectivity index (χ4v) is 3.21. The lowest BCUT2D eigenvalue weighted by Gasteiger charge is -2.01. The van der Waals surface area contributed by atoms with Gasteiger partial charge < -0.3 is 4.42 Å². The molecule has 1 heterocycles. The molecule has 0 atom stereocenters. The Morgan fingerprint density at radius 1 is 0.560 bits per heavy atom. The molecule has 0 aliphatic rings. The van der Waals surface area contributed by atoms with Gasteiger partial charge in [0.05, 0.1) is 6.20 Å². The highest BCUT2D eigenvalue weighted by Gasteiger charge is 2.09. The van der Waals surface area contributed by atoms with Gasteiger partial charge in [-0.05, 0) is 39.7 Å². The first-order valence-electron chi connectivity index (χ1n) is 8.31. The van der Waals surface area contributed by atoms with E-state index in [9.17, 15) is 0 Å². The first-order chi connectivity index (χ1) is 12.4. The van der Waals surface area contributed by atoms with Crippen molar-refractivity contribution in [3.63, 3.8) is 0 Å². The predicted molar refractivity (Wildman–Crippen MR) is 102 cm³/mol. The van der Waals surface area contributed by atoms with Crippen LogP contribution >= 0.6 is 0 Å². The topological polar surface area (TPSA) is 26.0 Å². The average Bonchev–Trinajstić information content (AvgIpc) is 3.17. The van der Waals surface area contributed by atoms with Crippen LogP contribution in [0.15, 0.2) is 95.5 Å². The predicted octanol–water partition coefficient (Wildman–Crippen LogP) is 6.32. The average molecular weight is 321 g/mol. The van der Waals surface area contributed by atoms with Gasteiger partial charge in [-0.3, -0.25) is 0 Å². The van der Waals surface area contributed by atoms with Gasteiger partial charge >= 0.3 is 0 Å². The van der Waals surface area contributed by atoms with Crippen molar-refractivity contribution in [1.29, 1.82) is 0 Å². The molecule has 0 N–H and O–H groups in total. The van der Waals surface area contributed by atoms with E-state index < -0.39 is 0 Å². The molecule has 1 aromatic heterocycles. The molecule has 0 saturated heterocycles. The Morgan fingerprint density at radius 2 is 1.12 bits per heavy atom. The second kappa shape index (κ2) is 5.60. The number of aromatic nitrogens is 1. The summed E-state index contributed by atoms with van der Waals surface area (Å²) in [4.78, 5) is 4.48. The monoisotopic (exact) mass is 321 g/mol. The SMILES string of the molecule is c1ccc2cc(-c3cnc(-c4ccc5ccccc5c4)o3)ccc2c1. The highest BCUT2D eigenvalue weighted by atomic mass is 16.4. The summed E-state index contributed by atoms with van der Waals surface area (Å²) in [6.07, 6.45) is 1.80. The Balaban J connectivity index is 1.57. The molecule has 4 aromatic carbocycles. The Morgan fingerprint density at radius 3 is 1.80 bits per heavy atom. The number of oxazole rings is 1. The Labute approximate surface area is 145 Å². The fraction of sp³-hybridized carbons (Fsp3) is 0. The molecule has 5 aromatic rings. The minimum atomic E-state index is 0.647. The summed E-state index contributed by atoms with van der Waals surface area (Å²) < 4.78 is 6.04. The second-order valence-corrected chi connectivity index (χ2v) is 6.15. The van der Waals surface area contributed by atoms with Gasteiger partial charge in [0.25, 0.3) is 0 Å². The molecule has 2 nitrogen and oxygen atoms in total. The summed E-state index contributed by atoms with van der Waals surface area (Å²) >= 11 is 0. The lowest BCUT2D eigenvalue weighted by Crippen LogP contribution is -1.78. The summed E-state index contributed by atoms with van der Waals surface area (Å²) in [6.45, 7) is 0. The van der Waals surface area contributed by atoms with Gasteiger partial charge in [-0.2, -0.15) is 0 Å². The third kappa shape index (κ3) is 2.48. The van der Waals surface area contributed by atoms with Crippen molar-refractivity contribution in [3.8, 4) is 22.8 Å². The molecule has 0 saturated carbocycles. The normalized spacial score (nSPS) is 11.2. The van der Waals surface area contributed by atoms with Crippen molar-refractivity contribution in [2.45, 2.75) is 0 Å². The molecule has 0 bridgehead atoms. The Kier molecular flexibility index (Phi) is 3.14. The lowest BCUT2D eigenvalue weighted by atomic mass is 10.1. The molecule has 5 rings (SSSR count). The minimum Gasteiger partial charge on any atom is -0.436 e. The van der Waals surface area contributed by atoms with E-state index in [1.165, 1.54) is 21.5 Å². The number of benzene rings is 4. The fourth-order valence-electron chi connectivity index (χ4n) is 3.21. The Bertz CT molecular complexity index is 1110. The first-order valence-corrected chi connectivity index (χ1v) is 8.31. The van der Waals surface area contributed by atoms with E-state index in [1.807, 2.05) is 24.3 Å². The highest BCUT2D eigenvalue weighted by Crippen LogP contribution is 2.29. The molecular weight excluding hydrogens is 306 g/mol. The van der Waals surface area contributed by atoms with E-state index in [2.05, 4.69) is 65.6 Å². The summed E-state index contributed by atoms with van der Waals surface area (Å²) in [7, 11) is 0. The van der Waals surface area contributed by atoms with Gasteiger partial charge in [-0.1, -0.05) is 66.7 Å². The number of hydrogen-bond acceptors (Lipinski definition) is 2. The van der Waals surface area contributed by atoms with Crippen molar-refractivity contribution < 1.29 is 4.42 Å². The van der Waals surface area contributed by atoms with Crippen LogP contribution in [0.3, 0.4) is 0 Å². The van der Waals surface area contributed by atoms with Crippen LogP contribution in [-0.4, -0.2) is 4.98 Å². The molecular formula is C23H15NO. The number of hydrogen-bond donors (Lipinski definition) is 0. The van der Waals surface area contributed by atoms with E-state index in [4.69, 9.17) is 4.42 Å². The smallest absolute Gasteiger partial charge is 0.226 e. The van der Waals surface area contributed by atoms with E-state index in [0.29, 0.717) is 5.89 Å². The largest absolute Gasteiger partial charge is 0.436 e. The lowest BCUT2D eigenvalue weighted by molar-refractivity contribution is 0.589. The molecule has 0 spiro atoms. The summed E-state index contributed by atoms with van der Waals surface area (Å²) in [5.74, 6) is 1.43. The zero-order chi connectivity index (χ0) is 16.6. The quantitative estimate of drug-likeness (QED) is 0.380. The van der Waals surface area contributed by atoms with Crippen LogP contribution in [0.5, 0.6) is 0 Å². The number of fused-ring (bicyclic) bond motifs is 2. The molecule has 0 amide bonds. The van der Waals surface area contributed by atoms with Crippen LogP contribution in [0.2, 0.25) is 0 Å². The van der Waals surface area contributed by atoms with Crippen LogP contribution in [0.1, 0.15) is 0 Å². The second-order valence-electron chi connectivity index (χ2n) is 6.15. The van der Waals surface area contributed by atoms with E-state index in [-0.39, 0.29) is 0 Å². The maximum Gasteiger partial charge on any atom is 0.226 e. The van der Waals surface area contributed by atoms with Crippen molar-refractivity contribution in [3.05, 3.63) is 91.1 Å². The molecule has 0 aliphatic carbocycles. The maximum atomic E-state index is 6.04. The van der Waals surface area contributed by atoms with Gasteiger partial charge in [0.1, 0.15) is 0 Å². The highest BCUT2D eigenvalue weighted by molar-refractivity contribution is 5.87. The molecule has 0 aliphatic heterocycles. The molecule has 118 valence electrons. The summed E-state index contributed by atoms with van der Waals surface area (Å²) in [6, 6.07) is 29.2.